The number of nitrogens with two attached hydrogens (primary N) is 1. The zero-order valence-electron chi connectivity index (χ0n) is 11.6. The Balaban J connectivity index is 1.68. The maximum Gasteiger partial charge on any atom is 0.227 e. The fraction of sp³-hybridized carbons (Fsp3) is 0.562. The van der Waals surface area contributed by atoms with Gasteiger partial charge in [-0.1, -0.05) is 18.6 Å². The molecule has 4 nitrogen and oxygen atoms in total. The van der Waals surface area contributed by atoms with Crippen LogP contribution in [-0.2, 0) is 4.79 Å². The van der Waals surface area contributed by atoms with Crippen LogP contribution in [0.15, 0.2) is 24.3 Å². The number of anilines is 1. The molecule has 0 spiro atoms. The maximum atomic E-state index is 12.4. The number of rotatable bonds is 2. The van der Waals surface area contributed by atoms with Crippen LogP contribution in [0.1, 0.15) is 32.1 Å². The molecule has 2 saturated carbocycles. The molecule has 2 unspecified atom stereocenters. The highest BCUT2D eigenvalue weighted by Gasteiger charge is 2.40. The van der Waals surface area contributed by atoms with Crippen molar-refractivity contribution in [2.24, 2.45) is 23.5 Å². The minimum Gasteiger partial charge on any atom is -0.506 e. The Morgan fingerprint density at radius 1 is 1.20 bits per heavy atom. The summed E-state index contributed by atoms with van der Waals surface area (Å²) < 4.78 is 0. The molecule has 0 heterocycles. The van der Waals surface area contributed by atoms with Gasteiger partial charge in [0, 0.05) is 12.0 Å². The van der Waals surface area contributed by atoms with E-state index in [1.165, 1.54) is 6.42 Å². The average molecular weight is 274 g/mol. The van der Waals surface area contributed by atoms with E-state index in [1.807, 2.05) is 0 Å². The number of hydrogen-bond donors (Lipinski definition) is 3. The van der Waals surface area contributed by atoms with Gasteiger partial charge in [-0.25, -0.2) is 0 Å². The van der Waals surface area contributed by atoms with Gasteiger partial charge in [0.2, 0.25) is 5.91 Å². The van der Waals surface area contributed by atoms with Crippen LogP contribution in [0, 0.1) is 17.8 Å². The summed E-state index contributed by atoms with van der Waals surface area (Å²) in [5.41, 5.74) is 6.75. The predicted molar refractivity (Wildman–Crippen MR) is 78.3 cm³/mol. The third kappa shape index (κ3) is 2.52. The first-order valence-corrected chi connectivity index (χ1v) is 7.49. The van der Waals surface area contributed by atoms with E-state index >= 15 is 0 Å². The molecule has 1 aromatic rings. The second kappa shape index (κ2) is 5.44. The van der Waals surface area contributed by atoms with E-state index in [9.17, 15) is 9.90 Å². The summed E-state index contributed by atoms with van der Waals surface area (Å²) in [6, 6.07) is 7.14. The number of aromatic hydroxyl groups is 1. The number of hydrogen-bond acceptors (Lipinski definition) is 3. The lowest BCUT2D eigenvalue weighted by Crippen LogP contribution is -2.48. The highest BCUT2D eigenvalue weighted by atomic mass is 16.3. The fourth-order valence-corrected chi connectivity index (χ4v) is 3.82. The van der Waals surface area contributed by atoms with E-state index < -0.39 is 0 Å². The number of carbonyl (C=O) groups is 1. The molecule has 4 N–H and O–H groups in total. The molecule has 2 atom stereocenters. The number of amides is 1. The third-order valence-electron chi connectivity index (χ3n) is 4.95. The molecular formula is C16H22N2O2. The molecule has 3 rings (SSSR count). The smallest absolute Gasteiger partial charge is 0.227 e. The maximum absolute atomic E-state index is 12.4. The minimum absolute atomic E-state index is 0.0234. The van der Waals surface area contributed by atoms with Crippen LogP contribution in [0.2, 0.25) is 0 Å². The van der Waals surface area contributed by atoms with Gasteiger partial charge < -0.3 is 16.2 Å². The van der Waals surface area contributed by atoms with Crippen LogP contribution in [-0.4, -0.2) is 17.1 Å². The van der Waals surface area contributed by atoms with Crippen molar-refractivity contribution in [2.75, 3.05) is 5.32 Å². The molecule has 4 heteroatoms. The molecule has 20 heavy (non-hydrogen) atoms. The van der Waals surface area contributed by atoms with E-state index in [-0.39, 0.29) is 23.6 Å². The number of carbonyl (C=O) groups excluding carboxylic acids is 1. The Hall–Kier alpha value is -1.55. The van der Waals surface area contributed by atoms with Crippen LogP contribution in [0.3, 0.4) is 0 Å². The number of fused-ring (bicyclic) bond motifs is 2. The lowest BCUT2D eigenvalue weighted by Gasteiger charge is -2.43. The molecule has 0 aromatic heterocycles. The molecule has 1 aromatic carbocycles. The largest absolute Gasteiger partial charge is 0.506 e. The second-order valence-electron chi connectivity index (χ2n) is 6.20. The van der Waals surface area contributed by atoms with Crippen molar-refractivity contribution in [2.45, 2.75) is 38.1 Å². The average Bonchev–Trinajstić information content (AvgIpc) is 2.41. The van der Waals surface area contributed by atoms with Gasteiger partial charge in [-0.2, -0.15) is 0 Å². The first-order chi connectivity index (χ1) is 9.65. The minimum atomic E-state index is 0.0234. The van der Waals surface area contributed by atoms with Gasteiger partial charge in [-0.05, 0) is 49.7 Å². The molecule has 0 aliphatic heterocycles. The van der Waals surface area contributed by atoms with Crippen LogP contribution >= 0.6 is 0 Å². The summed E-state index contributed by atoms with van der Waals surface area (Å²) in [6.45, 7) is 0. The summed E-state index contributed by atoms with van der Waals surface area (Å²) in [5, 5.41) is 12.6. The van der Waals surface area contributed by atoms with Crippen LogP contribution < -0.4 is 11.1 Å². The van der Waals surface area contributed by atoms with E-state index in [0.29, 0.717) is 17.5 Å². The summed E-state index contributed by atoms with van der Waals surface area (Å²) in [7, 11) is 0. The normalized spacial score (nSPS) is 32.6. The van der Waals surface area contributed by atoms with Gasteiger partial charge in [0.1, 0.15) is 5.75 Å². The van der Waals surface area contributed by atoms with Crippen LogP contribution in [0.25, 0.3) is 0 Å². The molecular weight excluding hydrogens is 252 g/mol. The van der Waals surface area contributed by atoms with E-state index in [1.54, 1.807) is 24.3 Å². The molecule has 0 radical (unpaired) electrons. The fourth-order valence-electron chi connectivity index (χ4n) is 3.82. The molecule has 2 bridgehead atoms. The van der Waals surface area contributed by atoms with Gasteiger partial charge in [0.25, 0.3) is 0 Å². The highest BCUT2D eigenvalue weighted by Crippen LogP contribution is 2.42. The molecule has 2 aliphatic carbocycles. The van der Waals surface area contributed by atoms with Gasteiger partial charge in [-0.15, -0.1) is 0 Å². The third-order valence-corrected chi connectivity index (χ3v) is 4.95. The van der Waals surface area contributed by atoms with E-state index in [2.05, 4.69) is 5.32 Å². The quantitative estimate of drug-likeness (QED) is 0.725. The zero-order chi connectivity index (χ0) is 14.1. The van der Waals surface area contributed by atoms with E-state index in [0.717, 1.165) is 25.7 Å². The van der Waals surface area contributed by atoms with Crippen molar-refractivity contribution in [3.63, 3.8) is 0 Å². The second-order valence-corrected chi connectivity index (χ2v) is 6.20. The van der Waals surface area contributed by atoms with Gasteiger partial charge in [0.05, 0.1) is 5.69 Å². The molecule has 108 valence electrons. The standard InChI is InChI=1S/C16H22N2O2/c17-15-10-4-3-5-11(15)9-12(8-10)16(20)18-13-6-1-2-7-14(13)19/h1-2,6-7,10-12,15,19H,3-5,8-9,17H2,(H,18,20). The Morgan fingerprint density at radius 3 is 2.50 bits per heavy atom. The number of phenols is 1. The summed E-state index contributed by atoms with van der Waals surface area (Å²) in [4.78, 5) is 12.4. The predicted octanol–water partition coefficient (Wildman–Crippen LogP) is 2.48. The van der Waals surface area contributed by atoms with Crippen molar-refractivity contribution in [1.82, 2.24) is 0 Å². The molecule has 1 amide bonds. The van der Waals surface area contributed by atoms with Crippen LogP contribution in [0.4, 0.5) is 5.69 Å². The lowest BCUT2D eigenvalue weighted by molar-refractivity contribution is -0.122. The Bertz CT molecular complexity index is 489. The van der Waals surface area contributed by atoms with Gasteiger partial charge in [0.15, 0.2) is 0 Å². The summed E-state index contributed by atoms with van der Waals surface area (Å²) in [6.07, 6.45) is 5.32. The lowest BCUT2D eigenvalue weighted by atomic mass is 9.65. The Kier molecular flexibility index (Phi) is 3.66. The highest BCUT2D eigenvalue weighted by molar-refractivity contribution is 5.93. The molecule has 0 saturated heterocycles. The summed E-state index contributed by atoms with van der Waals surface area (Å²) >= 11 is 0. The van der Waals surface area contributed by atoms with Crippen molar-refractivity contribution in [1.29, 1.82) is 0 Å². The first-order valence-electron chi connectivity index (χ1n) is 7.49. The first kappa shape index (κ1) is 13.4. The zero-order valence-corrected chi connectivity index (χ0v) is 11.6. The number of benzene rings is 1. The van der Waals surface area contributed by atoms with Gasteiger partial charge in [-0.3, -0.25) is 4.79 Å². The van der Waals surface area contributed by atoms with Gasteiger partial charge >= 0.3 is 0 Å². The van der Waals surface area contributed by atoms with Crippen molar-refractivity contribution >= 4 is 11.6 Å². The topological polar surface area (TPSA) is 75.4 Å². The Labute approximate surface area is 119 Å². The van der Waals surface area contributed by atoms with E-state index in [4.69, 9.17) is 5.73 Å². The van der Waals surface area contributed by atoms with Crippen molar-refractivity contribution in [3.05, 3.63) is 24.3 Å². The number of phenolic OH excluding ortho intramolecular Hbond substituents is 1. The van der Waals surface area contributed by atoms with Crippen LogP contribution in [0.5, 0.6) is 5.75 Å². The summed E-state index contributed by atoms with van der Waals surface area (Å²) in [5.74, 6) is 1.15. The Morgan fingerprint density at radius 2 is 1.85 bits per heavy atom. The van der Waals surface area contributed by atoms with Crippen molar-refractivity contribution in [3.8, 4) is 5.75 Å². The molecule has 2 aliphatic rings. The number of para-hydroxylation sites is 2. The van der Waals surface area contributed by atoms with Crippen molar-refractivity contribution < 1.29 is 9.90 Å². The SMILES string of the molecule is NC1C2CCCC1CC(C(=O)Nc1ccccc1O)C2. The monoisotopic (exact) mass is 274 g/mol. The molecule has 2 fully saturated rings. The number of nitrogens with one attached hydrogen (secondary N) is 1.